The van der Waals surface area contributed by atoms with Gasteiger partial charge in [-0.25, -0.2) is 0 Å². The SMILES string of the molecule is CCCn1c2c(c3ccccc31)C[C@@]1(O)[C@@H]3Cc4ccc(OC)c5c4[C@@]1(CCN3CC1CC1)[C@H]2O5. The summed E-state index contributed by atoms with van der Waals surface area (Å²) in [6.45, 7) is 5.36. The molecule has 0 unspecified atom stereocenters. The summed E-state index contributed by atoms with van der Waals surface area (Å²) in [6, 6.07) is 13.2. The van der Waals surface area contributed by atoms with Crippen molar-refractivity contribution in [2.45, 2.75) is 75.2 Å². The molecule has 8 rings (SSSR count). The molecule has 182 valence electrons. The minimum atomic E-state index is -0.858. The van der Waals surface area contributed by atoms with Gasteiger partial charge in [0, 0.05) is 42.0 Å². The Morgan fingerprint density at radius 1 is 1.17 bits per heavy atom. The van der Waals surface area contributed by atoms with Gasteiger partial charge in [0.05, 0.1) is 23.8 Å². The van der Waals surface area contributed by atoms with Gasteiger partial charge in [-0.05, 0) is 67.8 Å². The second-order valence-electron chi connectivity index (χ2n) is 11.6. The largest absolute Gasteiger partial charge is 0.493 e. The molecule has 2 aromatic carbocycles. The van der Waals surface area contributed by atoms with Crippen LogP contribution in [0.5, 0.6) is 11.5 Å². The average Bonchev–Trinajstić information content (AvgIpc) is 3.54. The number of fused-ring (bicyclic) bond motifs is 4. The molecule has 4 atom stereocenters. The molecule has 2 aliphatic heterocycles. The maximum Gasteiger partial charge on any atom is 0.166 e. The summed E-state index contributed by atoms with van der Waals surface area (Å²) < 4.78 is 15.3. The molecular weight excluding hydrogens is 436 g/mol. The fourth-order valence-corrected chi connectivity index (χ4v) is 8.42. The Morgan fingerprint density at radius 2 is 2.03 bits per heavy atom. The summed E-state index contributed by atoms with van der Waals surface area (Å²) in [5.41, 5.74) is 5.16. The van der Waals surface area contributed by atoms with E-state index in [-0.39, 0.29) is 12.1 Å². The zero-order chi connectivity index (χ0) is 23.5. The average molecular weight is 471 g/mol. The van der Waals surface area contributed by atoms with E-state index in [1.807, 2.05) is 0 Å². The molecule has 5 heteroatoms. The number of likely N-dealkylation sites (tertiary alicyclic amines) is 1. The third-order valence-corrected chi connectivity index (χ3v) is 9.98. The van der Waals surface area contributed by atoms with E-state index in [0.717, 1.165) is 56.3 Å². The molecular formula is C30H34N2O3. The van der Waals surface area contributed by atoms with Crippen LogP contribution in [0.15, 0.2) is 36.4 Å². The van der Waals surface area contributed by atoms with Crippen LogP contribution in [0.1, 0.15) is 61.1 Å². The summed E-state index contributed by atoms with van der Waals surface area (Å²) in [5, 5.41) is 14.3. The van der Waals surface area contributed by atoms with Gasteiger partial charge in [0.2, 0.25) is 0 Å². The maximum absolute atomic E-state index is 13.1. The lowest BCUT2D eigenvalue weighted by atomic mass is 9.49. The van der Waals surface area contributed by atoms with Crippen molar-refractivity contribution >= 4 is 10.9 Å². The minimum Gasteiger partial charge on any atom is -0.493 e. The number of aryl methyl sites for hydroxylation is 1. The Bertz CT molecular complexity index is 1370. The molecule has 1 N–H and O–H groups in total. The highest BCUT2D eigenvalue weighted by molar-refractivity contribution is 5.87. The first kappa shape index (κ1) is 20.7. The number of piperidine rings is 1. The molecule has 0 amide bonds. The number of aromatic nitrogens is 1. The Hall–Kier alpha value is -2.50. The zero-order valence-corrected chi connectivity index (χ0v) is 20.7. The highest BCUT2D eigenvalue weighted by Crippen LogP contribution is 2.69. The first-order chi connectivity index (χ1) is 17.1. The van der Waals surface area contributed by atoms with E-state index in [1.54, 1.807) is 7.11 Å². The predicted octanol–water partition coefficient (Wildman–Crippen LogP) is 4.76. The van der Waals surface area contributed by atoms with Crippen LogP contribution < -0.4 is 9.47 Å². The van der Waals surface area contributed by atoms with E-state index in [4.69, 9.17) is 9.47 Å². The normalized spacial score (nSPS) is 32.3. The molecule has 1 aromatic heterocycles. The first-order valence-corrected chi connectivity index (χ1v) is 13.5. The van der Waals surface area contributed by atoms with Gasteiger partial charge in [-0.2, -0.15) is 0 Å². The highest BCUT2D eigenvalue weighted by atomic mass is 16.5. The fourth-order valence-electron chi connectivity index (χ4n) is 8.42. The van der Waals surface area contributed by atoms with Crippen LogP contribution in [-0.4, -0.2) is 46.4 Å². The summed E-state index contributed by atoms with van der Waals surface area (Å²) in [5.74, 6) is 2.49. The van der Waals surface area contributed by atoms with Crippen LogP contribution in [-0.2, 0) is 24.8 Å². The molecule has 3 aromatic rings. The Labute approximate surface area is 206 Å². The number of ether oxygens (including phenoxy) is 2. The molecule has 5 nitrogen and oxygen atoms in total. The molecule has 2 fully saturated rings. The van der Waals surface area contributed by atoms with Gasteiger partial charge >= 0.3 is 0 Å². The maximum atomic E-state index is 13.1. The number of aliphatic hydroxyl groups is 1. The van der Waals surface area contributed by atoms with Crippen molar-refractivity contribution in [2.75, 3.05) is 20.2 Å². The zero-order valence-electron chi connectivity index (χ0n) is 20.7. The second kappa shape index (κ2) is 6.83. The summed E-state index contributed by atoms with van der Waals surface area (Å²) in [4.78, 5) is 2.64. The van der Waals surface area contributed by atoms with E-state index in [0.29, 0.717) is 6.42 Å². The van der Waals surface area contributed by atoms with Crippen LogP contribution >= 0.6 is 0 Å². The molecule has 1 spiro atoms. The van der Waals surface area contributed by atoms with Gasteiger partial charge in [-0.3, -0.25) is 4.90 Å². The molecule has 1 saturated carbocycles. The monoisotopic (exact) mass is 470 g/mol. The highest BCUT2D eigenvalue weighted by Gasteiger charge is 2.73. The van der Waals surface area contributed by atoms with Crippen molar-refractivity contribution in [1.29, 1.82) is 0 Å². The molecule has 3 aliphatic carbocycles. The molecule has 0 radical (unpaired) electrons. The van der Waals surface area contributed by atoms with Crippen molar-refractivity contribution in [3.8, 4) is 11.5 Å². The van der Waals surface area contributed by atoms with Crippen molar-refractivity contribution in [3.05, 3.63) is 58.8 Å². The topological polar surface area (TPSA) is 46.9 Å². The number of methoxy groups -OCH3 is 1. The Kier molecular flexibility index (Phi) is 4.03. The standard InChI is InChI=1S/C30H34N2O3/c1-3-13-32-22-7-5-4-6-20(22)21-16-30(33)24-15-19-10-11-23(34-2)27-25(19)29(30,28(35-27)26(21)32)12-14-31(24)17-18-8-9-18/h4-7,10-11,18,24,28,33H,3,8-9,12-17H2,1-2H3/t24-,28-,29-,30+/m0/s1. The van der Waals surface area contributed by atoms with Crippen LogP contribution in [0.25, 0.3) is 10.9 Å². The van der Waals surface area contributed by atoms with E-state index in [1.165, 1.54) is 46.1 Å². The van der Waals surface area contributed by atoms with Crippen molar-refractivity contribution in [3.63, 3.8) is 0 Å². The van der Waals surface area contributed by atoms with Gasteiger partial charge in [0.15, 0.2) is 17.6 Å². The van der Waals surface area contributed by atoms with Gasteiger partial charge in [0.25, 0.3) is 0 Å². The third-order valence-electron chi connectivity index (χ3n) is 9.98. The van der Waals surface area contributed by atoms with Crippen molar-refractivity contribution in [2.24, 2.45) is 5.92 Å². The lowest BCUT2D eigenvalue weighted by molar-refractivity contribution is -0.173. The van der Waals surface area contributed by atoms with E-state index >= 15 is 0 Å². The Morgan fingerprint density at radius 3 is 2.83 bits per heavy atom. The lowest BCUT2D eigenvalue weighted by Crippen LogP contribution is -2.74. The van der Waals surface area contributed by atoms with Crippen LogP contribution in [0.3, 0.4) is 0 Å². The van der Waals surface area contributed by atoms with Gasteiger partial charge in [0.1, 0.15) is 0 Å². The second-order valence-corrected chi connectivity index (χ2v) is 11.6. The number of benzene rings is 2. The summed E-state index contributed by atoms with van der Waals surface area (Å²) in [6.07, 6.45) is 6.06. The van der Waals surface area contributed by atoms with E-state index in [2.05, 4.69) is 52.8 Å². The lowest BCUT2D eigenvalue weighted by Gasteiger charge is -2.63. The number of hydrogen-bond donors (Lipinski definition) is 1. The molecule has 5 aliphatic rings. The van der Waals surface area contributed by atoms with Gasteiger partial charge in [-0.1, -0.05) is 31.2 Å². The molecule has 2 bridgehead atoms. The van der Waals surface area contributed by atoms with Gasteiger partial charge < -0.3 is 19.1 Å². The first-order valence-electron chi connectivity index (χ1n) is 13.5. The molecule has 1 saturated heterocycles. The van der Waals surface area contributed by atoms with Crippen molar-refractivity contribution < 1.29 is 14.6 Å². The predicted molar refractivity (Wildman–Crippen MR) is 135 cm³/mol. The molecule has 35 heavy (non-hydrogen) atoms. The van der Waals surface area contributed by atoms with Crippen LogP contribution in [0.4, 0.5) is 0 Å². The van der Waals surface area contributed by atoms with E-state index in [9.17, 15) is 5.11 Å². The minimum absolute atomic E-state index is 0.122. The number of rotatable bonds is 5. The van der Waals surface area contributed by atoms with Crippen molar-refractivity contribution in [1.82, 2.24) is 9.47 Å². The Balaban J connectivity index is 1.43. The summed E-state index contributed by atoms with van der Waals surface area (Å²) >= 11 is 0. The van der Waals surface area contributed by atoms with Crippen LogP contribution in [0.2, 0.25) is 0 Å². The van der Waals surface area contributed by atoms with Crippen LogP contribution in [0, 0.1) is 5.92 Å². The van der Waals surface area contributed by atoms with Gasteiger partial charge in [-0.15, -0.1) is 0 Å². The summed E-state index contributed by atoms with van der Waals surface area (Å²) in [7, 11) is 1.73. The molecule has 3 heterocycles. The number of hydrogen-bond acceptors (Lipinski definition) is 4. The fraction of sp³-hybridized carbons (Fsp3) is 0.533. The number of para-hydroxylation sites is 1. The number of nitrogens with zero attached hydrogens (tertiary/aromatic N) is 2. The third kappa shape index (κ3) is 2.37. The quantitative estimate of drug-likeness (QED) is 0.584. The van der Waals surface area contributed by atoms with E-state index < -0.39 is 11.0 Å². The smallest absolute Gasteiger partial charge is 0.166 e.